The van der Waals surface area contributed by atoms with E-state index in [-0.39, 0.29) is 18.6 Å². The lowest BCUT2D eigenvalue weighted by molar-refractivity contribution is -0.123. The van der Waals surface area contributed by atoms with Crippen LogP contribution in [0.15, 0.2) is 78.4 Å². The van der Waals surface area contributed by atoms with Gasteiger partial charge < -0.3 is 24.4 Å². The Morgan fingerprint density at radius 3 is 2.62 bits per heavy atom. The Bertz CT molecular complexity index is 1410. The minimum atomic E-state index is -0.251. The third kappa shape index (κ3) is 6.35. The molecule has 2 aromatic carbocycles. The van der Waals surface area contributed by atoms with Crippen molar-refractivity contribution in [3.8, 4) is 27.7 Å². The Kier molecular flexibility index (Phi) is 8.06. The van der Waals surface area contributed by atoms with Crippen LogP contribution in [0.4, 0.5) is 5.95 Å². The summed E-state index contributed by atoms with van der Waals surface area (Å²) in [6.07, 6.45) is 3.30. The number of ether oxygens (including phenoxy) is 3. The number of rotatable bonds is 9. The minimum absolute atomic E-state index is 0.0748. The highest BCUT2D eigenvalue weighted by Crippen LogP contribution is 2.32. The van der Waals surface area contributed by atoms with Crippen LogP contribution in [0.25, 0.3) is 10.4 Å². The van der Waals surface area contributed by atoms with Crippen molar-refractivity contribution >= 4 is 23.2 Å². The van der Waals surface area contributed by atoms with Gasteiger partial charge in [0.15, 0.2) is 18.1 Å². The van der Waals surface area contributed by atoms with E-state index in [2.05, 4.69) is 54.7 Å². The number of carbonyl (C=O) groups excluding carboxylic acids is 1. The average molecular weight is 558 g/mol. The first kappa shape index (κ1) is 26.1. The Labute approximate surface area is 237 Å². The maximum Gasteiger partial charge on any atom is 0.258 e. The van der Waals surface area contributed by atoms with Crippen LogP contribution in [0.2, 0.25) is 0 Å². The van der Waals surface area contributed by atoms with Crippen LogP contribution in [0, 0.1) is 0 Å². The lowest BCUT2D eigenvalue weighted by Crippen LogP contribution is -2.46. The number of anilines is 1. The average Bonchev–Trinajstić information content (AvgIpc) is 3.55. The summed E-state index contributed by atoms with van der Waals surface area (Å²) in [5, 5.41) is 4.99. The van der Waals surface area contributed by atoms with E-state index in [4.69, 9.17) is 14.2 Å². The van der Waals surface area contributed by atoms with Crippen LogP contribution >= 0.6 is 11.3 Å². The van der Waals surface area contributed by atoms with Gasteiger partial charge in [0.1, 0.15) is 18.5 Å². The topological polar surface area (TPSA) is 89.1 Å². The molecule has 2 aliphatic rings. The second-order valence-corrected chi connectivity index (χ2v) is 10.6. The summed E-state index contributed by atoms with van der Waals surface area (Å²) in [5.41, 5.74) is 2.21. The Morgan fingerprint density at radius 2 is 1.82 bits per heavy atom. The number of para-hydroxylation sites is 2. The number of thiophene rings is 1. The smallest absolute Gasteiger partial charge is 0.258 e. The SMILES string of the molecule is O=C(COc1ccc(-c2cccs2)cc1CN1CCN(c2ncccn2)CC1)NCC1COc2ccccc2O1. The van der Waals surface area contributed by atoms with Crippen LogP contribution in [-0.2, 0) is 11.3 Å². The second kappa shape index (κ2) is 12.4. The molecule has 6 rings (SSSR count). The van der Waals surface area contributed by atoms with Gasteiger partial charge in [0.05, 0.1) is 6.54 Å². The highest BCUT2D eigenvalue weighted by atomic mass is 32.1. The van der Waals surface area contributed by atoms with Crippen molar-refractivity contribution in [2.24, 2.45) is 0 Å². The zero-order chi connectivity index (χ0) is 27.1. The summed E-state index contributed by atoms with van der Waals surface area (Å²) in [5.74, 6) is 2.70. The summed E-state index contributed by atoms with van der Waals surface area (Å²) in [4.78, 5) is 27.3. The van der Waals surface area contributed by atoms with Crippen molar-refractivity contribution < 1.29 is 19.0 Å². The van der Waals surface area contributed by atoms with Gasteiger partial charge in [-0.3, -0.25) is 9.69 Å². The Balaban J connectivity index is 1.06. The molecule has 0 radical (unpaired) electrons. The number of hydrogen-bond donors (Lipinski definition) is 1. The van der Waals surface area contributed by atoms with Gasteiger partial charge in [0, 0.05) is 55.6 Å². The molecule has 9 nitrogen and oxygen atoms in total. The fourth-order valence-electron chi connectivity index (χ4n) is 4.83. The molecule has 0 bridgehead atoms. The lowest BCUT2D eigenvalue weighted by atomic mass is 10.1. The van der Waals surface area contributed by atoms with E-state index in [9.17, 15) is 4.79 Å². The van der Waals surface area contributed by atoms with E-state index in [1.807, 2.05) is 36.4 Å². The van der Waals surface area contributed by atoms with E-state index >= 15 is 0 Å². The molecule has 1 saturated heterocycles. The molecule has 1 amide bonds. The van der Waals surface area contributed by atoms with Crippen LogP contribution < -0.4 is 24.4 Å². The predicted octanol–water partition coefficient (Wildman–Crippen LogP) is 3.86. The first-order valence-electron chi connectivity index (χ1n) is 13.4. The number of nitrogens with zero attached hydrogens (tertiary/aromatic N) is 4. The number of fused-ring (bicyclic) bond motifs is 1. The molecule has 0 spiro atoms. The third-order valence-electron chi connectivity index (χ3n) is 6.92. The van der Waals surface area contributed by atoms with E-state index in [1.54, 1.807) is 23.7 Å². The number of benzene rings is 2. The van der Waals surface area contributed by atoms with E-state index in [1.165, 1.54) is 4.88 Å². The van der Waals surface area contributed by atoms with Crippen molar-refractivity contribution in [3.05, 3.63) is 84.0 Å². The van der Waals surface area contributed by atoms with E-state index < -0.39 is 0 Å². The summed E-state index contributed by atoms with van der Waals surface area (Å²) >= 11 is 1.71. The normalized spacial score (nSPS) is 16.9. The number of aromatic nitrogens is 2. The number of hydrogen-bond acceptors (Lipinski definition) is 9. The summed E-state index contributed by atoms with van der Waals surface area (Å²) in [6.45, 7) is 4.85. The molecule has 10 heteroatoms. The van der Waals surface area contributed by atoms with Crippen molar-refractivity contribution in [2.45, 2.75) is 12.6 Å². The van der Waals surface area contributed by atoms with E-state index in [0.717, 1.165) is 61.3 Å². The Hall–Kier alpha value is -4.15. The van der Waals surface area contributed by atoms with Gasteiger partial charge in [0.25, 0.3) is 5.91 Å². The molecule has 1 atom stereocenters. The molecule has 1 unspecified atom stereocenters. The highest BCUT2D eigenvalue weighted by molar-refractivity contribution is 7.13. The third-order valence-corrected chi connectivity index (χ3v) is 7.84. The van der Waals surface area contributed by atoms with Crippen LogP contribution in [0.1, 0.15) is 5.56 Å². The second-order valence-electron chi connectivity index (χ2n) is 9.70. The minimum Gasteiger partial charge on any atom is -0.486 e. The molecule has 206 valence electrons. The number of nitrogens with one attached hydrogen (secondary N) is 1. The lowest BCUT2D eigenvalue weighted by Gasteiger charge is -2.35. The number of piperazine rings is 1. The molecule has 2 aliphatic heterocycles. The van der Waals surface area contributed by atoms with Crippen molar-refractivity contribution in [1.29, 1.82) is 0 Å². The van der Waals surface area contributed by atoms with Gasteiger partial charge in [-0.2, -0.15) is 0 Å². The molecule has 1 fully saturated rings. The molecule has 4 heterocycles. The molecule has 40 heavy (non-hydrogen) atoms. The molecule has 0 aliphatic carbocycles. The molecule has 2 aromatic heterocycles. The highest BCUT2D eigenvalue weighted by Gasteiger charge is 2.22. The molecule has 0 saturated carbocycles. The summed E-state index contributed by atoms with van der Waals surface area (Å²) in [6, 6.07) is 19.7. The fraction of sp³-hybridized carbons (Fsp3) is 0.300. The molecule has 4 aromatic rings. The summed E-state index contributed by atoms with van der Waals surface area (Å²) in [7, 11) is 0. The van der Waals surface area contributed by atoms with Crippen LogP contribution in [-0.4, -0.2) is 72.8 Å². The van der Waals surface area contributed by atoms with Crippen molar-refractivity contribution in [1.82, 2.24) is 20.2 Å². The van der Waals surface area contributed by atoms with Crippen LogP contribution in [0.5, 0.6) is 17.2 Å². The number of amides is 1. The Morgan fingerprint density at radius 1 is 1.00 bits per heavy atom. The van der Waals surface area contributed by atoms with Crippen molar-refractivity contribution in [2.75, 3.05) is 50.8 Å². The molecular weight excluding hydrogens is 526 g/mol. The van der Waals surface area contributed by atoms with E-state index in [0.29, 0.717) is 18.9 Å². The fourth-order valence-corrected chi connectivity index (χ4v) is 5.55. The van der Waals surface area contributed by atoms with Gasteiger partial charge in [-0.1, -0.05) is 18.2 Å². The standard InChI is InChI=1S/C30H31N5O4S/c36-29(33-18-24-20-37-26-5-1-2-6-27(26)39-24)21-38-25-9-8-22(28-7-3-16-40-28)17-23(25)19-34-12-14-35(15-13-34)30-31-10-4-11-32-30/h1-11,16-17,24H,12-15,18-21H2,(H,33,36). The van der Waals surface area contributed by atoms with Gasteiger partial charge in [-0.25, -0.2) is 9.97 Å². The summed E-state index contributed by atoms with van der Waals surface area (Å²) < 4.78 is 17.7. The molecular formula is C30H31N5O4S. The monoisotopic (exact) mass is 557 g/mol. The largest absolute Gasteiger partial charge is 0.486 e. The van der Waals surface area contributed by atoms with Gasteiger partial charge in [-0.05, 0) is 53.4 Å². The zero-order valence-corrected chi connectivity index (χ0v) is 22.9. The maximum absolute atomic E-state index is 12.7. The van der Waals surface area contributed by atoms with Crippen molar-refractivity contribution in [3.63, 3.8) is 0 Å². The van der Waals surface area contributed by atoms with Crippen LogP contribution in [0.3, 0.4) is 0 Å². The van der Waals surface area contributed by atoms with Gasteiger partial charge in [-0.15, -0.1) is 11.3 Å². The first-order valence-corrected chi connectivity index (χ1v) is 14.3. The predicted molar refractivity (Wildman–Crippen MR) is 154 cm³/mol. The maximum atomic E-state index is 12.7. The van der Waals surface area contributed by atoms with Gasteiger partial charge in [0.2, 0.25) is 5.95 Å². The first-order chi connectivity index (χ1) is 19.7. The van der Waals surface area contributed by atoms with Gasteiger partial charge >= 0.3 is 0 Å². The molecule has 1 N–H and O–H groups in total. The quantitative estimate of drug-likeness (QED) is 0.332. The number of carbonyl (C=O) groups is 1. The zero-order valence-electron chi connectivity index (χ0n) is 22.1.